The Kier molecular flexibility index (Phi) is 6.93. The van der Waals surface area contributed by atoms with Crippen LogP contribution >= 0.6 is 0 Å². The van der Waals surface area contributed by atoms with Crippen LogP contribution in [-0.2, 0) is 0 Å². The van der Waals surface area contributed by atoms with Crippen LogP contribution in [0.5, 0.6) is 5.75 Å². The molecular weight excluding hydrogens is 234 g/mol. The smallest absolute Gasteiger partial charge is 0.119 e. The van der Waals surface area contributed by atoms with Crippen molar-refractivity contribution >= 4 is 0 Å². The molecule has 0 aliphatic rings. The molecule has 1 N–H and O–H groups in total. The lowest BCUT2D eigenvalue weighted by Crippen LogP contribution is -2.23. The summed E-state index contributed by atoms with van der Waals surface area (Å²) < 4.78 is 5.77. The number of nitrogens with one attached hydrogen (secondary N) is 1. The summed E-state index contributed by atoms with van der Waals surface area (Å²) in [6, 6.07) is 6.40. The van der Waals surface area contributed by atoms with E-state index < -0.39 is 0 Å². The van der Waals surface area contributed by atoms with Crippen LogP contribution in [0.25, 0.3) is 0 Å². The molecule has 0 unspecified atom stereocenters. The van der Waals surface area contributed by atoms with E-state index in [4.69, 9.17) is 4.74 Å². The minimum absolute atomic E-state index is 0.576. The highest BCUT2D eigenvalue weighted by Gasteiger charge is 2.04. The fraction of sp³-hybridized carbons (Fsp3) is 0.647. The van der Waals surface area contributed by atoms with Gasteiger partial charge in [0.2, 0.25) is 0 Å². The Balaban J connectivity index is 2.28. The lowest BCUT2D eigenvalue weighted by molar-refractivity contribution is 0.312. The van der Waals surface area contributed by atoms with Crippen molar-refractivity contribution in [1.29, 1.82) is 0 Å². The first kappa shape index (κ1) is 16.0. The maximum absolute atomic E-state index is 5.77. The number of ether oxygens (including phenoxy) is 1. The van der Waals surface area contributed by atoms with Crippen molar-refractivity contribution in [3.8, 4) is 5.75 Å². The van der Waals surface area contributed by atoms with Crippen LogP contribution < -0.4 is 10.1 Å². The highest BCUT2D eigenvalue weighted by atomic mass is 16.5. The third-order valence-corrected chi connectivity index (χ3v) is 3.31. The zero-order valence-corrected chi connectivity index (χ0v) is 13.1. The van der Waals surface area contributed by atoms with Gasteiger partial charge in [0.1, 0.15) is 12.4 Å². The summed E-state index contributed by atoms with van der Waals surface area (Å²) in [6.45, 7) is 13.8. The Labute approximate surface area is 118 Å². The largest absolute Gasteiger partial charge is 0.492 e. The molecule has 0 aromatic heterocycles. The van der Waals surface area contributed by atoms with Gasteiger partial charge in [0.05, 0.1) is 0 Å². The number of rotatable bonds is 8. The number of aryl methyl sites for hydroxylation is 1. The van der Waals surface area contributed by atoms with E-state index in [2.05, 4.69) is 58.1 Å². The van der Waals surface area contributed by atoms with Gasteiger partial charge in [-0.15, -0.1) is 0 Å². The Morgan fingerprint density at radius 1 is 1.11 bits per heavy atom. The monoisotopic (exact) mass is 263 g/mol. The molecule has 19 heavy (non-hydrogen) atoms. The molecular formula is C17H29NO. The SMILES string of the molecule is Cc1cc(OCCNCCC(C)C)ccc1C(C)C. The van der Waals surface area contributed by atoms with Crippen molar-refractivity contribution in [3.05, 3.63) is 29.3 Å². The third kappa shape index (κ3) is 6.11. The van der Waals surface area contributed by atoms with Crippen molar-refractivity contribution in [2.45, 2.75) is 47.0 Å². The fourth-order valence-electron chi connectivity index (χ4n) is 2.14. The Morgan fingerprint density at radius 3 is 2.42 bits per heavy atom. The van der Waals surface area contributed by atoms with Crippen LogP contribution in [0.1, 0.15) is 51.2 Å². The molecule has 1 aromatic carbocycles. The van der Waals surface area contributed by atoms with Crippen molar-refractivity contribution in [1.82, 2.24) is 5.32 Å². The summed E-state index contributed by atoms with van der Waals surface area (Å²) >= 11 is 0. The number of benzene rings is 1. The van der Waals surface area contributed by atoms with Crippen LogP contribution in [0.15, 0.2) is 18.2 Å². The van der Waals surface area contributed by atoms with Gasteiger partial charge in [-0.2, -0.15) is 0 Å². The molecule has 0 saturated heterocycles. The molecule has 0 fully saturated rings. The number of hydrogen-bond donors (Lipinski definition) is 1. The highest BCUT2D eigenvalue weighted by molar-refractivity contribution is 5.36. The minimum Gasteiger partial charge on any atom is -0.492 e. The molecule has 2 nitrogen and oxygen atoms in total. The molecule has 0 radical (unpaired) electrons. The van der Waals surface area contributed by atoms with Crippen LogP contribution in [0.3, 0.4) is 0 Å². The molecule has 0 aliphatic heterocycles. The molecule has 0 spiro atoms. The van der Waals surface area contributed by atoms with E-state index in [0.717, 1.165) is 31.4 Å². The van der Waals surface area contributed by atoms with E-state index in [9.17, 15) is 0 Å². The van der Waals surface area contributed by atoms with Gasteiger partial charge in [0.15, 0.2) is 0 Å². The van der Waals surface area contributed by atoms with Gasteiger partial charge < -0.3 is 10.1 Å². The van der Waals surface area contributed by atoms with Crippen molar-refractivity contribution in [3.63, 3.8) is 0 Å². The molecule has 1 rings (SSSR count). The molecule has 0 amide bonds. The second-order valence-corrected chi connectivity index (χ2v) is 5.95. The van der Waals surface area contributed by atoms with Crippen molar-refractivity contribution in [2.24, 2.45) is 5.92 Å². The highest BCUT2D eigenvalue weighted by Crippen LogP contribution is 2.23. The number of hydrogen-bond acceptors (Lipinski definition) is 2. The quantitative estimate of drug-likeness (QED) is 0.712. The summed E-state index contributed by atoms with van der Waals surface area (Å²) in [5, 5.41) is 3.41. The van der Waals surface area contributed by atoms with E-state index in [1.807, 2.05) is 0 Å². The van der Waals surface area contributed by atoms with Crippen LogP contribution in [0, 0.1) is 12.8 Å². The Hall–Kier alpha value is -1.02. The van der Waals surface area contributed by atoms with Crippen LogP contribution in [-0.4, -0.2) is 19.7 Å². The average Bonchev–Trinajstić information content (AvgIpc) is 2.32. The molecule has 108 valence electrons. The van der Waals surface area contributed by atoms with Crippen LogP contribution in [0.4, 0.5) is 0 Å². The normalized spacial score (nSPS) is 11.3. The summed E-state index contributed by atoms with van der Waals surface area (Å²) in [5.74, 6) is 2.32. The van der Waals surface area contributed by atoms with Crippen LogP contribution in [0.2, 0.25) is 0 Å². The predicted octanol–water partition coefficient (Wildman–Crippen LogP) is 4.13. The topological polar surface area (TPSA) is 21.3 Å². The molecule has 2 heteroatoms. The summed E-state index contributed by atoms with van der Waals surface area (Å²) in [7, 11) is 0. The Morgan fingerprint density at radius 2 is 1.84 bits per heavy atom. The molecule has 0 bridgehead atoms. The second-order valence-electron chi connectivity index (χ2n) is 5.95. The standard InChI is InChI=1S/C17H29NO/c1-13(2)8-9-18-10-11-19-16-6-7-17(14(3)4)15(5)12-16/h6-7,12-14,18H,8-11H2,1-5H3. The second kappa shape index (κ2) is 8.21. The predicted molar refractivity (Wildman–Crippen MR) is 83.1 cm³/mol. The molecule has 0 saturated carbocycles. The maximum Gasteiger partial charge on any atom is 0.119 e. The summed E-state index contributed by atoms with van der Waals surface area (Å²) in [6.07, 6.45) is 1.22. The molecule has 1 aromatic rings. The Bertz CT molecular complexity index is 372. The summed E-state index contributed by atoms with van der Waals surface area (Å²) in [4.78, 5) is 0. The van der Waals surface area contributed by atoms with Crippen molar-refractivity contribution in [2.75, 3.05) is 19.7 Å². The first-order chi connectivity index (χ1) is 9.00. The zero-order valence-electron chi connectivity index (χ0n) is 13.1. The van der Waals surface area contributed by atoms with E-state index in [0.29, 0.717) is 5.92 Å². The first-order valence-corrected chi connectivity index (χ1v) is 7.44. The van der Waals surface area contributed by atoms with Gasteiger partial charge in [-0.1, -0.05) is 33.8 Å². The van der Waals surface area contributed by atoms with Gasteiger partial charge in [-0.05, 0) is 55.0 Å². The van der Waals surface area contributed by atoms with Gasteiger partial charge >= 0.3 is 0 Å². The lowest BCUT2D eigenvalue weighted by Gasteiger charge is -2.13. The zero-order chi connectivity index (χ0) is 14.3. The van der Waals surface area contributed by atoms with Gasteiger partial charge in [-0.3, -0.25) is 0 Å². The third-order valence-electron chi connectivity index (χ3n) is 3.31. The van der Waals surface area contributed by atoms with Gasteiger partial charge in [0.25, 0.3) is 0 Å². The average molecular weight is 263 g/mol. The first-order valence-electron chi connectivity index (χ1n) is 7.44. The summed E-state index contributed by atoms with van der Waals surface area (Å²) in [5.41, 5.74) is 2.72. The molecule has 0 atom stereocenters. The fourth-order valence-corrected chi connectivity index (χ4v) is 2.14. The minimum atomic E-state index is 0.576. The van der Waals surface area contributed by atoms with E-state index in [-0.39, 0.29) is 0 Å². The van der Waals surface area contributed by atoms with E-state index in [1.54, 1.807) is 0 Å². The van der Waals surface area contributed by atoms with E-state index >= 15 is 0 Å². The van der Waals surface area contributed by atoms with Gasteiger partial charge in [-0.25, -0.2) is 0 Å². The van der Waals surface area contributed by atoms with E-state index in [1.165, 1.54) is 17.5 Å². The maximum atomic E-state index is 5.77. The van der Waals surface area contributed by atoms with Gasteiger partial charge in [0, 0.05) is 6.54 Å². The molecule has 0 aliphatic carbocycles. The van der Waals surface area contributed by atoms with Crippen molar-refractivity contribution < 1.29 is 4.74 Å². The lowest BCUT2D eigenvalue weighted by atomic mass is 9.98. The molecule has 0 heterocycles.